The third-order valence-electron chi connectivity index (χ3n) is 3.98. The predicted octanol–water partition coefficient (Wildman–Crippen LogP) is 4.82. The Morgan fingerprint density at radius 2 is 2.10 bits per heavy atom. The summed E-state index contributed by atoms with van der Waals surface area (Å²) >= 11 is 6.03. The average molecular weight is 290 g/mol. The lowest BCUT2D eigenvalue weighted by Crippen LogP contribution is -2.23. The van der Waals surface area contributed by atoms with Crippen LogP contribution in [0, 0.1) is 5.82 Å². The van der Waals surface area contributed by atoms with Crippen LogP contribution >= 0.6 is 11.6 Å². The number of hydrogen-bond acceptors (Lipinski definition) is 1. The van der Waals surface area contributed by atoms with Gasteiger partial charge >= 0.3 is 0 Å². The van der Waals surface area contributed by atoms with Gasteiger partial charge in [-0.25, -0.2) is 4.39 Å². The summed E-state index contributed by atoms with van der Waals surface area (Å²) in [6, 6.07) is 13.3. The molecular weight excluding hydrogens is 273 g/mol. The zero-order valence-corrected chi connectivity index (χ0v) is 12.1. The molecule has 1 nitrogen and oxygen atoms in total. The van der Waals surface area contributed by atoms with Crippen LogP contribution in [0.5, 0.6) is 0 Å². The minimum atomic E-state index is -0.185. The molecule has 20 heavy (non-hydrogen) atoms. The van der Waals surface area contributed by atoms with Gasteiger partial charge in [0.15, 0.2) is 0 Å². The highest BCUT2D eigenvalue weighted by molar-refractivity contribution is 6.30. The third-order valence-corrected chi connectivity index (χ3v) is 4.22. The normalized spacial score (nSPS) is 18.9. The van der Waals surface area contributed by atoms with Gasteiger partial charge in [-0.3, -0.25) is 0 Å². The monoisotopic (exact) mass is 289 g/mol. The van der Waals surface area contributed by atoms with Crippen LogP contribution in [0.25, 0.3) is 0 Å². The van der Waals surface area contributed by atoms with E-state index in [2.05, 4.69) is 18.3 Å². The molecule has 1 aliphatic carbocycles. The van der Waals surface area contributed by atoms with Crippen molar-refractivity contribution in [2.75, 3.05) is 0 Å². The van der Waals surface area contributed by atoms with Crippen LogP contribution in [0.3, 0.4) is 0 Å². The van der Waals surface area contributed by atoms with E-state index in [1.54, 1.807) is 12.1 Å². The fraction of sp³-hybridized carbons (Fsp3) is 0.294. The SMILES string of the molecule is C[C@H](NC1CCc2cc(Cl)ccc21)c1cccc(F)c1. The van der Waals surface area contributed by atoms with Crippen LogP contribution in [-0.4, -0.2) is 0 Å². The summed E-state index contributed by atoms with van der Waals surface area (Å²) in [6.07, 6.45) is 2.11. The van der Waals surface area contributed by atoms with Crippen LogP contribution in [0.2, 0.25) is 5.02 Å². The molecule has 0 saturated carbocycles. The Bertz CT molecular complexity index is 626. The van der Waals surface area contributed by atoms with E-state index in [-0.39, 0.29) is 11.9 Å². The van der Waals surface area contributed by atoms with Gasteiger partial charge in [0.2, 0.25) is 0 Å². The van der Waals surface area contributed by atoms with E-state index in [4.69, 9.17) is 11.6 Å². The highest BCUT2D eigenvalue weighted by atomic mass is 35.5. The van der Waals surface area contributed by atoms with Gasteiger partial charge in [0.1, 0.15) is 5.82 Å². The van der Waals surface area contributed by atoms with E-state index in [1.165, 1.54) is 17.2 Å². The summed E-state index contributed by atoms with van der Waals surface area (Å²) in [5.41, 5.74) is 3.62. The first-order chi connectivity index (χ1) is 9.63. The lowest BCUT2D eigenvalue weighted by atomic mass is 10.0. The fourth-order valence-corrected chi connectivity index (χ4v) is 3.13. The molecule has 0 amide bonds. The molecule has 0 fully saturated rings. The van der Waals surface area contributed by atoms with Crippen molar-refractivity contribution in [1.29, 1.82) is 0 Å². The highest BCUT2D eigenvalue weighted by Gasteiger charge is 2.24. The Hall–Kier alpha value is -1.38. The maximum absolute atomic E-state index is 13.3. The second-order valence-electron chi connectivity index (χ2n) is 5.38. The molecule has 2 aromatic rings. The summed E-state index contributed by atoms with van der Waals surface area (Å²) in [6.45, 7) is 2.07. The molecule has 2 aromatic carbocycles. The molecule has 1 N–H and O–H groups in total. The lowest BCUT2D eigenvalue weighted by molar-refractivity contribution is 0.463. The number of benzene rings is 2. The molecule has 3 rings (SSSR count). The van der Waals surface area contributed by atoms with E-state index >= 15 is 0 Å². The number of nitrogens with one attached hydrogen (secondary N) is 1. The maximum Gasteiger partial charge on any atom is 0.123 e. The fourth-order valence-electron chi connectivity index (χ4n) is 2.93. The molecule has 0 aliphatic heterocycles. The average Bonchev–Trinajstić information content (AvgIpc) is 2.81. The molecule has 0 heterocycles. The van der Waals surface area contributed by atoms with Crippen molar-refractivity contribution in [3.63, 3.8) is 0 Å². The molecule has 0 radical (unpaired) electrons. The van der Waals surface area contributed by atoms with Crippen LogP contribution in [0.15, 0.2) is 42.5 Å². The van der Waals surface area contributed by atoms with Crippen molar-refractivity contribution < 1.29 is 4.39 Å². The zero-order chi connectivity index (χ0) is 14.1. The van der Waals surface area contributed by atoms with Crippen LogP contribution in [0.4, 0.5) is 4.39 Å². The van der Waals surface area contributed by atoms with Crippen molar-refractivity contribution >= 4 is 11.6 Å². The molecule has 104 valence electrons. The summed E-state index contributed by atoms with van der Waals surface area (Å²) in [7, 11) is 0. The largest absolute Gasteiger partial charge is 0.303 e. The Kier molecular flexibility index (Phi) is 3.77. The molecule has 3 heteroatoms. The second-order valence-corrected chi connectivity index (χ2v) is 5.81. The quantitative estimate of drug-likeness (QED) is 0.854. The number of aryl methyl sites for hydroxylation is 1. The Morgan fingerprint density at radius 3 is 2.90 bits per heavy atom. The van der Waals surface area contributed by atoms with Crippen molar-refractivity contribution in [1.82, 2.24) is 5.32 Å². The van der Waals surface area contributed by atoms with Gasteiger partial charge in [0, 0.05) is 17.1 Å². The zero-order valence-electron chi connectivity index (χ0n) is 11.4. The molecule has 2 atom stereocenters. The van der Waals surface area contributed by atoms with Crippen LogP contribution in [0.1, 0.15) is 42.1 Å². The molecule has 0 saturated heterocycles. The van der Waals surface area contributed by atoms with Crippen LogP contribution in [-0.2, 0) is 6.42 Å². The third kappa shape index (κ3) is 2.72. The van der Waals surface area contributed by atoms with Gasteiger partial charge < -0.3 is 5.32 Å². The Labute approximate surface area is 123 Å². The summed E-state index contributed by atoms with van der Waals surface area (Å²) < 4.78 is 13.3. The van der Waals surface area contributed by atoms with Gasteiger partial charge in [-0.1, -0.05) is 29.8 Å². The van der Waals surface area contributed by atoms with Gasteiger partial charge in [0.25, 0.3) is 0 Å². The predicted molar refractivity (Wildman–Crippen MR) is 80.5 cm³/mol. The summed E-state index contributed by atoms with van der Waals surface area (Å²) in [5, 5.41) is 4.38. The van der Waals surface area contributed by atoms with Gasteiger partial charge in [-0.15, -0.1) is 0 Å². The number of rotatable bonds is 3. The lowest BCUT2D eigenvalue weighted by Gasteiger charge is -2.21. The number of hydrogen-bond donors (Lipinski definition) is 1. The van der Waals surface area contributed by atoms with E-state index in [0.717, 1.165) is 23.4 Å². The van der Waals surface area contributed by atoms with Gasteiger partial charge in [0.05, 0.1) is 0 Å². The molecule has 0 aromatic heterocycles. The highest BCUT2D eigenvalue weighted by Crippen LogP contribution is 2.34. The number of fused-ring (bicyclic) bond motifs is 1. The summed E-state index contributed by atoms with van der Waals surface area (Å²) in [4.78, 5) is 0. The molecule has 1 aliphatic rings. The Balaban J connectivity index is 1.77. The second kappa shape index (κ2) is 5.55. The molecule has 0 spiro atoms. The topological polar surface area (TPSA) is 12.0 Å². The minimum Gasteiger partial charge on any atom is -0.303 e. The molecular formula is C17H17ClFN. The van der Waals surface area contributed by atoms with E-state index in [0.29, 0.717) is 6.04 Å². The minimum absolute atomic E-state index is 0.123. The standard InChI is InChI=1S/C17H17ClFN/c1-11(12-3-2-4-15(19)10-12)20-17-8-5-13-9-14(18)6-7-16(13)17/h2-4,6-7,9-11,17,20H,5,8H2,1H3/t11-,17?/m0/s1. The van der Waals surface area contributed by atoms with Crippen molar-refractivity contribution in [3.05, 3.63) is 70.0 Å². The van der Waals surface area contributed by atoms with Gasteiger partial charge in [-0.05, 0) is 60.7 Å². The first-order valence-electron chi connectivity index (χ1n) is 6.93. The van der Waals surface area contributed by atoms with E-state index in [9.17, 15) is 4.39 Å². The molecule has 0 bridgehead atoms. The first kappa shape index (κ1) is 13.6. The van der Waals surface area contributed by atoms with Gasteiger partial charge in [-0.2, -0.15) is 0 Å². The van der Waals surface area contributed by atoms with E-state index < -0.39 is 0 Å². The van der Waals surface area contributed by atoms with Crippen molar-refractivity contribution in [2.24, 2.45) is 0 Å². The first-order valence-corrected chi connectivity index (χ1v) is 7.31. The van der Waals surface area contributed by atoms with Crippen LogP contribution < -0.4 is 5.32 Å². The van der Waals surface area contributed by atoms with Crippen molar-refractivity contribution in [3.8, 4) is 0 Å². The summed E-state index contributed by atoms with van der Waals surface area (Å²) in [5.74, 6) is -0.185. The van der Waals surface area contributed by atoms with E-state index in [1.807, 2.05) is 18.2 Å². The maximum atomic E-state index is 13.3. The molecule has 1 unspecified atom stereocenters. The smallest absolute Gasteiger partial charge is 0.123 e. The Morgan fingerprint density at radius 1 is 1.25 bits per heavy atom. The number of halogens is 2. The van der Waals surface area contributed by atoms with Crippen molar-refractivity contribution in [2.45, 2.75) is 31.8 Å².